The minimum absolute atomic E-state index is 0.199. The van der Waals surface area contributed by atoms with Crippen LogP contribution in [0.15, 0.2) is 83.3 Å². The molecule has 7 nitrogen and oxygen atoms in total. The van der Waals surface area contributed by atoms with Gasteiger partial charge in [-0.3, -0.25) is 19.6 Å². The van der Waals surface area contributed by atoms with E-state index in [4.69, 9.17) is 0 Å². The zero-order valence-corrected chi connectivity index (χ0v) is 18.5. The molecule has 34 heavy (non-hydrogen) atoms. The molecule has 0 aliphatic rings. The number of aromatic nitrogens is 4. The maximum Gasteiger partial charge on any atom is 0.283 e. The Labute approximate surface area is 193 Å². The van der Waals surface area contributed by atoms with Crippen LogP contribution in [0.2, 0.25) is 0 Å². The summed E-state index contributed by atoms with van der Waals surface area (Å²) in [5.74, 6) is -0.755. The van der Waals surface area contributed by atoms with Crippen LogP contribution in [0.25, 0.3) is 32.9 Å². The fourth-order valence-corrected chi connectivity index (χ4v) is 3.89. The van der Waals surface area contributed by atoms with Gasteiger partial charge in [0.05, 0.1) is 16.6 Å². The molecule has 168 valence electrons. The maximum absolute atomic E-state index is 13.6. The van der Waals surface area contributed by atoms with Gasteiger partial charge in [0, 0.05) is 28.2 Å². The molecule has 0 spiro atoms. The Kier molecular flexibility index (Phi) is 5.25. The largest absolute Gasteiger partial charge is 0.283 e. The highest BCUT2D eigenvalue weighted by Gasteiger charge is 2.22. The van der Waals surface area contributed by atoms with Crippen molar-refractivity contribution in [1.29, 1.82) is 0 Å². The third-order valence-corrected chi connectivity index (χ3v) is 5.45. The summed E-state index contributed by atoms with van der Waals surface area (Å²) in [5, 5.41) is 15.5. The molecule has 0 saturated carbocycles. The van der Waals surface area contributed by atoms with E-state index in [9.17, 15) is 14.0 Å². The summed E-state index contributed by atoms with van der Waals surface area (Å²) in [6.07, 6.45) is 1.73. The van der Waals surface area contributed by atoms with Gasteiger partial charge in [-0.2, -0.15) is 10.2 Å². The minimum atomic E-state index is -0.407. The Morgan fingerprint density at radius 2 is 1.65 bits per heavy atom. The fourth-order valence-electron chi connectivity index (χ4n) is 3.89. The summed E-state index contributed by atoms with van der Waals surface area (Å²) in [5.41, 5.74) is 3.38. The summed E-state index contributed by atoms with van der Waals surface area (Å²) < 4.78 is 13.6. The van der Waals surface area contributed by atoms with Crippen LogP contribution in [0, 0.1) is 5.82 Å². The lowest BCUT2D eigenvalue weighted by Gasteiger charge is -2.19. The average molecular weight is 453 g/mol. The summed E-state index contributed by atoms with van der Waals surface area (Å²) in [6, 6.07) is 18.7. The quantitative estimate of drug-likeness (QED) is 0.392. The molecule has 0 fully saturated rings. The summed E-state index contributed by atoms with van der Waals surface area (Å²) >= 11 is 0. The van der Waals surface area contributed by atoms with Gasteiger partial charge in [0.25, 0.3) is 11.5 Å². The highest BCUT2D eigenvalue weighted by molar-refractivity contribution is 6.13. The molecule has 8 heteroatoms. The number of anilines is 1. The Morgan fingerprint density at radius 1 is 0.912 bits per heavy atom. The molecule has 5 rings (SSSR count). The predicted octanol–water partition coefficient (Wildman–Crippen LogP) is 5.18. The van der Waals surface area contributed by atoms with E-state index in [1.807, 2.05) is 50.2 Å². The van der Waals surface area contributed by atoms with E-state index in [-0.39, 0.29) is 17.2 Å². The van der Waals surface area contributed by atoms with Gasteiger partial charge in [-0.15, -0.1) is 0 Å². The number of aromatic amines is 2. The second-order valence-electron chi connectivity index (χ2n) is 8.14. The summed E-state index contributed by atoms with van der Waals surface area (Å²) in [4.78, 5) is 27.1. The maximum atomic E-state index is 13.6. The van der Waals surface area contributed by atoms with Gasteiger partial charge in [0.15, 0.2) is 5.69 Å². The third kappa shape index (κ3) is 3.75. The van der Waals surface area contributed by atoms with E-state index in [1.54, 1.807) is 18.3 Å². The van der Waals surface area contributed by atoms with E-state index in [1.165, 1.54) is 23.1 Å². The Bertz CT molecular complexity index is 1630. The molecule has 0 unspecified atom stereocenters. The molecule has 2 aromatic heterocycles. The molecule has 0 atom stereocenters. The lowest BCUT2D eigenvalue weighted by atomic mass is 10.0. The first-order valence-electron chi connectivity index (χ1n) is 10.6. The highest BCUT2D eigenvalue weighted by atomic mass is 19.1. The number of rotatable bonds is 4. The van der Waals surface area contributed by atoms with Crippen molar-refractivity contribution in [3.8, 4) is 11.3 Å². The van der Waals surface area contributed by atoms with Crippen molar-refractivity contribution < 1.29 is 9.18 Å². The fraction of sp³-hybridized carbons (Fsp3) is 0.0769. The van der Waals surface area contributed by atoms with Crippen molar-refractivity contribution in [3.63, 3.8) is 0 Å². The van der Waals surface area contributed by atoms with Crippen LogP contribution in [0.3, 0.4) is 0 Å². The van der Waals surface area contributed by atoms with Crippen molar-refractivity contribution in [2.75, 3.05) is 4.90 Å². The van der Waals surface area contributed by atoms with E-state index >= 15 is 0 Å². The molecule has 3 aromatic carbocycles. The van der Waals surface area contributed by atoms with E-state index in [0.717, 1.165) is 16.5 Å². The van der Waals surface area contributed by atoms with Crippen LogP contribution in [0.4, 0.5) is 10.1 Å². The minimum Gasteiger partial charge on any atom is -0.282 e. The smallest absolute Gasteiger partial charge is 0.282 e. The van der Waals surface area contributed by atoms with Crippen LogP contribution in [-0.2, 0) is 0 Å². The molecule has 0 aliphatic heterocycles. The van der Waals surface area contributed by atoms with Gasteiger partial charge in [-0.1, -0.05) is 35.9 Å². The van der Waals surface area contributed by atoms with Gasteiger partial charge >= 0.3 is 0 Å². The summed E-state index contributed by atoms with van der Waals surface area (Å²) in [6.45, 7) is 3.78. The number of amides is 1. The molecule has 0 aliphatic carbocycles. The Balaban J connectivity index is 1.56. The third-order valence-electron chi connectivity index (χ3n) is 5.45. The lowest BCUT2D eigenvalue weighted by molar-refractivity contribution is 0.0994. The van der Waals surface area contributed by atoms with Gasteiger partial charge in [0.2, 0.25) is 0 Å². The molecule has 1 amide bonds. The number of halogens is 1. The van der Waals surface area contributed by atoms with E-state index in [2.05, 4.69) is 20.4 Å². The van der Waals surface area contributed by atoms with Crippen molar-refractivity contribution >= 4 is 33.3 Å². The van der Waals surface area contributed by atoms with Gasteiger partial charge in [-0.05, 0) is 50.2 Å². The van der Waals surface area contributed by atoms with Gasteiger partial charge in [-0.25, -0.2) is 9.49 Å². The van der Waals surface area contributed by atoms with Gasteiger partial charge < -0.3 is 0 Å². The number of allylic oxidation sites excluding steroid dienone is 1. The second kappa shape index (κ2) is 8.40. The number of carbonyl (C=O) groups excluding carboxylic acids is 1. The molecule has 5 aromatic rings. The number of hydrogen-bond donors (Lipinski definition) is 2. The molecular formula is C26H20FN5O2. The number of fused-ring (bicyclic) bond motifs is 2. The van der Waals surface area contributed by atoms with Gasteiger partial charge in [0.1, 0.15) is 5.82 Å². The molecule has 0 saturated heterocycles. The normalized spacial score (nSPS) is 11.0. The SMILES string of the molecule is CC(C)=CN(C(=O)c1n[nH]c2cc(F)ccc12)c1ccc(-c2n[nH]c(=O)c3ccccc23)cc1. The van der Waals surface area contributed by atoms with Crippen molar-refractivity contribution in [3.05, 3.63) is 100 Å². The zero-order chi connectivity index (χ0) is 23.8. The number of H-pyrrole nitrogens is 2. The molecule has 2 heterocycles. The Hall–Kier alpha value is -4.59. The topological polar surface area (TPSA) is 94.7 Å². The molecule has 0 bridgehead atoms. The van der Waals surface area contributed by atoms with Crippen LogP contribution < -0.4 is 10.5 Å². The second-order valence-corrected chi connectivity index (χ2v) is 8.14. The number of carbonyl (C=O) groups is 1. The van der Waals surface area contributed by atoms with Crippen LogP contribution in [0.5, 0.6) is 0 Å². The molecular weight excluding hydrogens is 433 g/mol. The van der Waals surface area contributed by atoms with Crippen LogP contribution >= 0.6 is 0 Å². The number of hydrogen-bond acceptors (Lipinski definition) is 4. The monoisotopic (exact) mass is 453 g/mol. The Morgan fingerprint density at radius 3 is 2.38 bits per heavy atom. The first-order chi connectivity index (χ1) is 16.4. The standard InChI is InChI=1S/C26H20FN5O2/c1-15(2)14-32(26(34)24-21-12-9-17(27)13-22(21)28-30-24)18-10-7-16(8-11-18)23-19-5-3-4-6-20(19)25(33)31-29-23/h3-14H,1-2H3,(H,28,30)(H,31,33). The zero-order valence-electron chi connectivity index (χ0n) is 18.5. The lowest BCUT2D eigenvalue weighted by Crippen LogP contribution is -2.26. The van der Waals surface area contributed by atoms with Crippen LogP contribution in [-0.4, -0.2) is 26.3 Å². The number of nitrogens with zero attached hydrogens (tertiary/aromatic N) is 3. The summed E-state index contributed by atoms with van der Waals surface area (Å²) in [7, 11) is 0. The number of nitrogens with one attached hydrogen (secondary N) is 2. The first-order valence-corrected chi connectivity index (χ1v) is 10.6. The van der Waals surface area contributed by atoms with E-state index in [0.29, 0.717) is 27.7 Å². The first kappa shape index (κ1) is 21.3. The number of benzene rings is 3. The van der Waals surface area contributed by atoms with Crippen LogP contribution in [0.1, 0.15) is 24.3 Å². The molecule has 0 radical (unpaired) electrons. The molecule has 2 N–H and O–H groups in total. The van der Waals surface area contributed by atoms with Crippen molar-refractivity contribution in [1.82, 2.24) is 20.4 Å². The van der Waals surface area contributed by atoms with Crippen molar-refractivity contribution in [2.24, 2.45) is 0 Å². The van der Waals surface area contributed by atoms with E-state index < -0.39 is 5.82 Å². The highest BCUT2D eigenvalue weighted by Crippen LogP contribution is 2.28. The predicted molar refractivity (Wildman–Crippen MR) is 130 cm³/mol. The van der Waals surface area contributed by atoms with Crippen molar-refractivity contribution in [2.45, 2.75) is 13.8 Å². The average Bonchev–Trinajstić information content (AvgIpc) is 3.26.